The number of nitrogens with zero attached hydrogens (tertiary/aromatic N) is 2. The summed E-state index contributed by atoms with van der Waals surface area (Å²) in [6.45, 7) is 0. The van der Waals surface area contributed by atoms with Gasteiger partial charge in [0.25, 0.3) is 0 Å². The van der Waals surface area contributed by atoms with Gasteiger partial charge in [0, 0.05) is 67.9 Å². The molecule has 9 aromatic rings. The van der Waals surface area contributed by atoms with Crippen molar-refractivity contribution in [3.8, 4) is 46.7 Å². The zero-order valence-electron chi connectivity index (χ0n) is 42.6. The molecule has 0 saturated heterocycles. The van der Waals surface area contributed by atoms with Crippen molar-refractivity contribution in [3.05, 3.63) is 251 Å². The number of halogens is 12. The van der Waals surface area contributed by atoms with Crippen LogP contribution in [0.5, 0.6) is 23.0 Å². The van der Waals surface area contributed by atoms with Crippen molar-refractivity contribution in [3.63, 3.8) is 0 Å². The third kappa shape index (κ3) is 12.5. The van der Waals surface area contributed by atoms with Crippen LogP contribution in [-0.2, 0) is 0 Å². The molecule has 0 aliphatic rings. The fraction of sp³-hybridized carbons (Fsp3) is 0.0794. The van der Waals surface area contributed by atoms with Crippen molar-refractivity contribution in [2.75, 3.05) is 38.2 Å². The van der Waals surface area contributed by atoms with E-state index in [9.17, 15) is 0 Å². The van der Waals surface area contributed by atoms with Gasteiger partial charge in [0.05, 0.1) is 99.8 Å². The quantitative estimate of drug-likeness (QED) is 0.0651. The number of hydrogen-bond acceptors (Lipinski definition) is 6. The van der Waals surface area contributed by atoms with Crippen molar-refractivity contribution in [2.24, 2.45) is 0 Å². The first-order valence-electron chi connectivity index (χ1n) is 23.9. The zero-order chi connectivity index (χ0) is 57.8. The van der Waals surface area contributed by atoms with Gasteiger partial charge in [-0.1, -0.05) is 163 Å². The molecular weight excluding hydrogens is 1270 g/mol. The Labute approximate surface area is 529 Å². The van der Waals surface area contributed by atoms with Crippen molar-refractivity contribution in [1.82, 2.24) is 0 Å². The lowest BCUT2D eigenvalue weighted by Crippen LogP contribution is -2.11. The smallest absolute Gasteiger partial charge is 0.119 e. The lowest BCUT2D eigenvalue weighted by molar-refractivity contribution is 0.414. The minimum absolute atomic E-state index is 0.0224. The lowest BCUT2D eigenvalue weighted by atomic mass is 9.83. The molecule has 0 heterocycles. The standard InChI is InChI=1S/C63H38Cl12N2O4/c1-78-42-23-15-38(16-24-42)76(39-17-25-43(79-2)26-18-39)36-11-5-34(6-12-36)9-31-46-54(66)60(72)52(61(73)55(46)67)50(51-58(70)48(64)33-49(65)59(51)71)53-62(74)56(68)47(57(69)63(53)75)32-10-35-7-13-37(14-8-35)77(40-19-27-44(80-3)28-20-40)41-21-29-45(81-4)30-22-41/h5-8,11-30,33,50H,1-4H3. The summed E-state index contributed by atoms with van der Waals surface area (Å²) in [5, 5.41) is -0.807. The van der Waals surface area contributed by atoms with E-state index in [0.29, 0.717) is 11.1 Å². The van der Waals surface area contributed by atoms with Crippen LogP contribution in [0.15, 0.2) is 152 Å². The molecule has 0 aromatic heterocycles. The van der Waals surface area contributed by atoms with Gasteiger partial charge in [-0.3, -0.25) is 0 Å². The first-order chi connectivity index (χ1) is 39.0. The van der Waals surface area contributed by atoms with Crippen LogP contribution >= 0.6 is 139 Å². The molecule has 81 heavy (non-hydrogen) atoms. The van der Waals surface area contributed by atoms with Gasteiger partial charge in [-0.2, -0.15) is 0 Å². The van der Waals surface area contributed by atoms with E-state index in [1.54, 1.807) is 28.4 Å². The second kappa shape index (κ2) is 26.3. The number of rotatable bonds is 13. The topological polar surface area (TPSA) is 43.4 Å². The Hall–Kier alpha value is -5.62. The Balaban J connectivity index is 1.09. The second-order valence-corrected chi connectivity index (χ2v) is 22.1. The fourth-order valence-corrected chi connectivity index (χ4v) is 12.2. The van der Waals surface area contributed by atoms with Crippen molar-refractivity contribution >= 4 is 173 Å². The summed E-state index contributed by atoms with van der Waals surface area (Å²) >= 11 is 85.3. The molecule has 0 unspecified atom stereocenters. The van der Waals surface area contributed by atoms with Gasteiger partial charge in [-0.25, -0.2) is 0 Å². The van der Waals surface area contributed by atoms with Gasteiger partial charge in [0.15, 0.2) is 0 Å². The van der Waals surface area contributed by atoms with E-state index >= 15 is 0 Å². The Kier molecular flexibility index (Phi) is 19.5. The Morgan fingerprint density at radius 1 is 0.284 bits per heavy atom. The maximum atomic E-state index is 7.30. The molecular formula is C63H38Cl12N2O4. The van der Waals surface area contributed by atoms with Crippen molar-refractivity contribution in [1.29, 1.82) is 0 Å². The summed E-state index contributed by atoms with van der Waals surface area (Å²) in [6.07, 6.45) is 0. The Morgan fingerprint density at radius 2 is 0.506 bits per heavy atom. The van der Waals surface area contributed by atoms with E-state index in [0.717, 1.165) is 57.1 Å². The van der Waals surface area contributed by atoms with E-state index in [1.807, 2.05) is 146 Å². The molecule has 0 N–H and O–H groups in total. The molecule has 0 aliphatic heterocycles. The normalized spacial score (nSPS) is 10.9. The van der Waals surface area contributed by atoms with Crippen LogP contribution in [0.3, 0.4) is 0 Å². The molecule has 18 heteroatoms. The van der Waals surface area contributed by atoms with E-state index in [4.69, 9.17) is 158 Å². The van der Waals surface area contributed by atoms with Crippen LogP contribution in [0.4, 0.5) is 34.1 Å². The second-order valence-electron chi connectivity index (χ2n) is 17.5. The minimum atomic E-state index is -1.32. The average molecular weight is 1310 g/mol. The molecule has 408 valence electrons. The van der Waals surface area contributed by atoms with Gasteiger partial charge in [-0.15, -0.1) is 0 Å². The van der Waals surface area contributed by atoms with Crippen LogP contribution in [0.1, 0.15) is 44.9 Å². The number of anilines is 6. The summed E-state index contributed by atoms with van der Waals surface area (Å²) in [6, 6.07) is 47.4. The molecule has 0 atom stereocenters. The Bertz CT molecular complexity index is 3550. The highest BCUT2D eigenvalue weighted by atomic mass is 35.5. The van der Waals surface area contributed by atoms with Crippen LogP contribution in [0.25, 0.3) is 0 Å². The lowest BCUT2D eigenvalue weighted by Gasteiger charge is -2.28. The number of methoxy groups -OCH3 is 4. The van der Waals surface area contributed by atoms with Crippen molar-refractivity contribution < 1.29 is 18.9 Å². The maximum Gasteiger partial charge on any atom is 0.119 e. The predicted molar refractivity (Wildman–Crippen MR) is 341 cm³/mol. The molecule has 6 nitrogen and oxygen atoms in total. The van der Waals surface area contributed by atoms with Crippen LogP contribution in [0, 0.1) is 23.7 Å². The van der Waals surface area contributed by atoms with Crippen LogP contribution in [0.2, 0.25) is 60.3 Å². The van der Waals surface area contributed by atoms with E-state index < -0.39 is 5.92 Å². The summed E-state index contributed by atoms with van der Waals surface area (Å²) in [5.74, 6) is 14.0. The molecule has 0 spiro atoms. The predicted octanol–water partition coefficient (Wildman–Crippen LogP) is 22.5. The van der Waals surface area contributed by atoms with E-state index in [-0.39, 0.29) is 88.1 Å². The van der Waals surface area contributed by atoms with Gasteiger partial charge in [-0.05, 0) is 152 Å². The molecule has 0 fully saturated rings. The number of hydrogen-bond donors (Lipinski definition) is 0. The van der Waals surface area contributed by atoms with Crippen LogP contribution < -0.4 is 28.7 Å². The van der Waals surface area contributed by atoms with Gasteiger partial charge in [0.1, 0.15) is 23.0 Å². The SMILES string of the molecule is COc1ccc(N(c2ccc(C#Cc3c(Cl)c(Cl)c(C(c4c(Cl)c(Cl)cc(Cl)c4Cl)c4c(Cl)c(Cl)c(C#Cc5ccc(N(c6ccc(OC)cc6)c6ccc(OC)cc6)cc5)c(Cl)c4Cl)c(Cl)c3Cl)cc2)c2ccc(OC)cc2)cc1. The molecule has 0 saturated carbocycles. The molecule has 0 bridgehead atoms. The fourth-order valence-electron chi connectivity index (χ4n) is 8.78. The number of ether oxygens (including phenoxy) is 4. The van der Waals surface area contributed by atoms with Crippen LogP contribution in [-0.4, -0.2) is 28.4 Å². The van der Waals surface area contributed by atoms with Gasteiger partial charge >= 0.3 is 0 Å². The van der Waals surface area contributed by atoms with Gasteiger partial charge in [0.2, 0.25) is 0 Å². The summed E-state index contributed by atoms with van der Waals surface area (Å²) in [4.78, 5) is 4.15. The average Bonchev–Trinajstić information content (AvgIpc) is 3.26. The zero-order valence-corrected chi connectivity index (χ0v) is 51.6. The summed E-state index contributed by atoms with van der Waals surface area (Å²) in [5.41, 5.74) is 6.87. The highest BCUT2D eigenvalue weighted by Gasteiger charge is 2.37. The third-order valence-electron chi connectivity index (χ3n) is 12.8. The van der Waals surface area contributed by atoms with E-state index in [1.165, 1.54) is 6.07 Å². The number of benzene rings is 9. The van der Waals surface area contributed by atoms with E-state index in [2.05, 4.69) is 33.5 Å². The highest BCUT2D eigenvalue weighted by molar-refractivity contribution is 6.52. The Morgan fingerprint density at radius 3 is 0.741 bits per heavy atom. The molecule has 0 amide bonds. The first-order valence-corrected chi connectivity index (χ1v) is 28.5. The van der Waals surface area contributed by atoms with Crippen molar-refractivity contribution in [2.45, 2.75) is 5.92 Å². The summed E-state index contributed by atoms with van der Waals surface area (Å²) in [7, 11) is 6.48. The monoisotopic (exact) mass is 1310 g/mol. The maximum absolute atomic E-state index is 7.30. The molecule has 0 radical (unpaired) electrons. The first kappa shape index (κ1) is 60.0. The molecule has 9 aromatic carbocycles. The highest BCUT2D eigenvalue weighted by Crippen LogP contribution is 2.57. The molecule has 0 aliphatic carbocycles. The minimum Gasteiger partial charge on any atom is -0.497 e. The largest absolute Gasteiger partial charge is 0.497 e. The third-order valence-corrected chi connectivity index (χ3v) is 17.9. The van der Waals surface area contributed by atoms with Gasteiger partial charge < -0.3 is 28.7 Å². The summed E-state index contributed by atoms with van der Waals surface area (Å²) < 4.78 is 21.7. The molecule has 9 rings (SSSR count).